The van der Waals surface area contributed by atoms with Crippen LogP contribution in [0, 0.1) is 0 Å². The van der Waals surface area contributed by atoms with Gasteiger partial charge in [0.1, 0.15) is 6.23 Å². The Morgan fingerprint density at radius 1 is 1.78 bits per heavy atom. The molecule has 50 valence electrons. The van der Waals surface area contributed by atoms with Crippen LogP contribution in [-0.2, 0) is 4.74 Å². The lowest BCUT2D eigenvalue weighted by atomic mass is 10.3. The van der Waals surface area contributed by atoms with Gasteiger partial charge in [-0.1, -0.05) is 6.08 Å². The summed E-state index contributed by atoms with van der Waals surface area (Å²) in [6.45, 7) is 0.877. The summed E-state index contributed by atoms with van der Waals surface area (Å²) in [5.74, 6) is 1.01. The monoisotopic (exact) mass is 143 g/mol. The van der Waals surface area contributed by atoms with E-state index in [1.54, 1.807) is 0 Å². The first kappa shape index (κ1) is 5.77. The average Bonchev–Trinajstić information content (AvgIpc) is 2.33. The third-order valence-electron chi connectivity index (χ3n) is 1.51. The van der Waals surface area contributed by atoms with Crippen molar-refractivity contribution >= 4 is 11.8 Å². The van der Waals surface area contributed by atoms with Crippen LogP contribution in [-0.4, -0.2) is 18.7 Å². The van der Waals surface area contributed by atoms with Crippen LogP contribution in [0.25, 0.3) is 0 Å². The van der Waals surface area contributed by atoms with Gasteiger partial charge in [-0.3, -0.25) is 5.32 Å². The first-order chi connectivity index (χ1) is 4.47. The molecule has 1 atom stereocenters. The third kappa shape index (κ3) is 1.000. The molecule has 1 unspecified atom stereocenters. The lowest BCUT2D eigenvalue weighted by molar-refractivity contribution is 0.0624. The molecule has 0 saturated carbocycles. The van der Waals surface area contributed by atoms with E-state index in [0.717, 1.165) is 18.9 Å². The fraction of sp³-hybridized carbons (Fsp3) is 0.667. The molecule has 1 N–H and O–H groups in total. The smallest absolute Gasteiger partial charge is 0.140 e. The van der Waals surface area contributed by atoms with Crippen LogP contribution in [0.4, 0.5) is 0 Å². The maximum absolute atomic E-state index is 5.40. The zero-order valence-electron chi connectivity index (χ0n) is 5.09. The molecule has 2 heterocycles. The molecular formula is C6H9NOS. The second kappa shape index (κ2) is 2.33. The largest absolute Gasteiger partial charge is 0.358 e. The molecule has 0 aromatic carbocycles. The fourth-order valence-corrected chi connectivity index (χ4v) is 2.01. The van der Waals surface area contributed by atoms with E-state index in [4.69, 9.17) is 4.74 Å². The zero-order valence-corrected chi connectivity index (χ0v) is 5.91. The summed E-state index contributed by atoms with van der Waals surface area (Å²) in [5.41, 5.74) is 0. The van der Waals surface area contributed by atoms with Gasteiger partial charge in [-0.15, -0.1) is 11.8 Å². The van der Waals surface area contributed by atoms with Gasteiger partial charge in [0.25, 0.3) is 0 Å². The standard InChI is InChI=1S/C6H9NOS/c1-2-5-6(8-3-1)7-4-9-5/h2,6-7H,1,3-4H2. The molecule has 0 amide bonds. The predicted octanol–water partition coefficient (Wildman–Crippen LogP) is 0.911. The number of hydrogen-bond acceptors (Lipinski definition) is 3. The Morgan fingerprint density at radius 2 is 2.78 bits per heavy atom. The van der Waals surface area contributed by atoms with Crippen LogP contribution in [0.3, 0.4) is 0 Å². The van der Waals surface area contributed by atoms with Gasteiger partial charge in [-0.25, -0.2) is 0 Å². The molecule has 3 heteroatoms. The van der Waals surface area contributed by atoms with E-state index < -0.39 is 0 Å². The average molecular weight is 143 g/mol. The van der Waals surface area contributed by atoms with Crippen molar-refractivity contribution in [1.82, 2.24) is 5.32 Å². The van der Waals surface area contributed by atoms with E-state index in [1.807, 2.05) is 11.8 Å². The summed E-state index contributed by atoms with van der Waals surface area (Å²) < 4.78 is 5.40. The summed E-state index contributed by atoms with van der Waals surface area (Å²) >= 11 is 1.85. The van der Waals surface area contributed by atoms with Crippen LogP contribution < -0.4 is 5.32 Å². The molecule has 0 bridgehead atoms. The van der Waals surface area contributed by atoms with Crippen molar-refractivity contribution in [3.8, 4) is 0 Å². The molecule has 1 saturated heterocycles. The quantitative estimate of drug-likeness (QED) is 0.544. The molecule has 0 aromatic heterocycles. The second-order valence-electron chi connectivity index (χ2n) is 2.14. The third-order valence-corrected chi connectivity index (χ3v) is 2.54. The number of thioether (sulfide) groups is 1. The van der Waals surface area contributed by atoms with Crippen LogP contribution in [0.15, 0.2) is 11.0 Å². The molecule has 0 aromatic rings. The highest BCUT2D eigenvalue weighted by molar-refractivity contribution is 8.03. The van der Waals surface area contributed by atoms with Crippen molar-refractivity contribution in [1.29, 1.82) is 0 Å². The van der Waals surface area contributed by atoms with Crippen molar-refractivity contribution in [2.45, 2.75) is 12.6 Å². The number of ether oxygens (including phenoxy) is 1. The molecule has 2 aliphatic heterocycles. The lowest BCUT2D eigenvalue weighted by Crippen LogP contribution is -2.28. The zero-order chi connectivity index (χ0) is 6.10. The summed E-state index contributed by atoms with van der Waals surface area (Å²) in [7, 11) is 0. The normalized spacial score (nSPS) is 33.8. The lowest BCUT2D eigenvalue weighted by Gasteiger charge is -2.16. The topological polar surface area (TPSA) is 21.3 Å². The van der Waals surface area contributed by atoms with Gasteiger partial charge >= 0.3 is 0 Å². The molecule has 2 nitrogen and oxygen atoms in total. The second-order valence-corrected chi connectivity index (χ2v) is 3.19. The fourth-order valence-electron chi connectivity index (χ4n) is 1.07. The molecule has 0 spiro atoms. The van der Waals surface area contributed by atoms with E-state index in [0.29, 0.717) is 0 Å². The summed E-state index contributed by atoms with van der Waals surface area (Å²) in [6, 6.07) is 0. The Labute approximate surface area is 58.6 Å². The Bertz CT molecular complexity index is 146. The van der Waals surface area contributed by atoms with E-state index in [-0.39, 0.29) is 6.23 Å². The SMILES string of the molecule is C1=C2SCNC2OCC1. The maximum Gasteiger partial charge on any atom is 0.140 e. The van der Waals surface area contributed by atoms with Crippen LogP contribution in [0.2, 0.25) is 0 Å². The highest BCUT2D eigenvalue weighted by Crippen LogP contribution is 2.28. The Kier molecular flexibility index (Phi) is 1.49. The van der Waals surface area contributed by atoms with Crippen LogP contribution >= 0.6 is 11.8 Å². The number of hydrogen-bond donors (Lipinski definition) is 1. The van der Waals surface area contributed by atoms with Gasteiger partial charge in [-0.2, -0.15) is 0 Å². The van der Waals surface area contributed by atoms with Crippen molar-refractivity contribution in [3.05, 3.63) is 11.0 Å². The van der Waals surface area contributed by atoms with Crippen molar-refractivity contribution in [3.63, 3.8) is 0 Å². The number of nitrogens with one attached hydrogen (secondary N) is 1. The highest BCUT2D eigenvalue weighted by Gasteiger charge is 2.23. The minimum atomic E-state index is 0.240. The summed E-state index contributed by atoms with van der Waals surface area (Å²) in [4.78, 5) is 1.38. The Balaban J connectivity index is 2.16. The summed E-state index contributed by atoms with van der Waals surface area (Å²) in [6.07, 6.45) is 3.59. The van der Waals surface area contributed by atoms with Gasteiger partial charge in [0.15, 0.2) is 0 Å². The molecular weight excluding hydrogens is 134 g/mol. The van der Waals surface area contributed by atoms with Crippen molar-refractivity contribution < 1.29 is 4.74 Å². The van der Waals surface area contributed by atoms with E-state index >= 15 is 0 Å². The predicted molar refractivity (Wildman–Crippen MR) is 38.0 cm³/mol. The maximum atomic E-state index is 5.40. The first-order valence-electron chi connectivity index (χ1n) is 3.15. The molecule has 2 aliphatic rings. The number of rotatable bonds is 0. The molecule has 0 radical (unpaired) electrons. The first-order valence-corrected chi connectivity index (χ1v) is 4.13. The molecule has 0 aliphatic carbocycles. The van der Waals surface area contributed by atoms with Crippen LogP contribution in [0.5, 0.6) is 0 Å². The molecule has 9 heavy (non-hydrogen) atoms. The van der Waals surface area contributed by atoms with Gasteiger partial charge in [-0.05, 0) is 6.42 Å². The van der Waals surface area contributed by atoms with Gasteiger partial charge in [0, 0.05) is 10.8 Å². The van der Waals surface area contributed by atoms with Gasteiger partial charge in [0.2, 0.25) is 0 Å². The van der Waals surface area contributed by atoms with E-state index in [2.05, 4.69) is 11.4 Å². The summed E-state index contributed by atoms with van der Waals surface area (Å²) in [5, 5.41) is 3.23. The molecule has 1 fully saturated rings. The van der Waals surface area contributed by atoms with Gasteiger partial charge in [0.05, 0.1) is 6.61 Å². The minimum absolute atomic E-state index is 0.240. The molecule has 2 rings (SSSR count). The minimum Gasteiger partial charge on any atom is -0.358 e. The van der Waals surface area contributed by atoms with Crippen molar-refractivity contribution in [2.24, 2.45) is 0 Å². The Morgan fingerprint density at radius 3 is 3.67 bits per heavy atom. The van der Waals surface area contributed by atoms with E-state index in [1.165, 1.54) is 4.91 Å². The van der Waals surface area contributed by atoms with Crippen LogP contribution in [0.1, 0.15) is 6.42 Å². The van der Waals surface area contributed by atoms with Crippen molar-refractivity contribution in [2.75, 3.05) is 12.5 Å². The Hall–Kier alpha value is 0.01000. The van der Waals surface area contributed by atoms with Gasteiger partial charge < -0.3 is 4.74 Å². The van der Waals surface area contributed by atoms with E-state index in [9.17, 15) is 0 Å². The number of fused-ring (bicyclic) bond motifs is 1. The highest BCUT2D eigenvalue weighted by atomic mass is 32.2.